The number of hydrogen-bond acceptors (Lipinski definition) is 4. The molecule has 186 valence electrons. The van der Waals surface area contributed by atoms with Gasteiger partial charge in [-0.05, 0) is 55.4 Å². The van der Waals surface area contributed by atoms with E-state index in [-0.39, 0.29) is 23.6 Å². The van der Waals surface area contributed by atoms with Crippen molar-refractivity contribution in [1.82, 2.24) is 21.3 Å². The van der Waals surface area contributed by atoms with Crippen LogP contribution in [0, 0.1) is 18.3 Å². The summed E-state index contributed by atoms with van der Waals surface area (Å²) in [6.45, 7) is 8.80. The van der Waals surface area contributed by atoms with Crippen LogP contribution >= 0.6 is 0 Å². The summed E-state index contributed by atoms with van der Waals surface area (Å²) in [7, 11) is 1.60. The molecule has 7 heteroatoms. The van der Waals surface area contributed by atoms with Crippen molar-refractivity contribution in [2.75, 3.05) is 13.6 Å². The summed E-state index contributed by atoms with van der Waals surface area (Å²) in [5, 5.41) is 19.8. The lowest BCUT2D eigenvalue weighted by atomic mass is 9.76. The van der Waals surface area contributed by atoms with E-state index in [1.807, 2.05) is 6.92 Å². The van der Waals surface area contributed by atoms with Crippen molar-refractivity contribution in [3.63, 3.8) is 0 Å². The molecule has 2 aliphatic rings. The summed E-state index contributed by atoms with van der Waals surface area (Å²) in [5.41, 5.74) is 6.84. The number of amidine groups is 1. The lowest BCUT2D eigenvalue weighted by molar-refractivity contribution is -0.120. The first-order valence-corrected chi connectivity index (χ1v) is 12.3. The Bertz CT molecular complexity index is 1130. The van der Waals surface area contributed by atoms with E-state index < -0.39 is 0 Å². The molecule has 7 nitrogen and oxygen atoms in total. The van der Waals surface area contributed by atoms with Gasteiger partial charge in [0.15, 0.2) is 0 Å². The highest BCUT2D eigenvalue weighted by molar-refractivity contribution is 6.06. The van der Waals surface area contributed by atoms with Gasteiger partial charge in [0, 0.05) is 49.1 Å². The SMILES string of the molecule is CCc1ccc(C)c(C2C=C3C(=CC2CC)NC(=O)/C3=C(/C)NC(=N)/C=C\NCCC(=O)NC)c1. The number of fused-ring (bicyclic) bond motifs is 1. The summed E-state index contributed by atoms with van der Waals surface area (Å²) in [5.74, 6) is 0.442. The fourth-order valence-corrected chi connectivity index (χ4v) is 4.61. The molecule has 0 saturated carbocycles. The molecular weight excluding hydrogens is 438 g/mol. The standard InChI is InChI=1S/C28H37N5O2/c1-6-19-9-8-17(3)21(14-19)22-16-23-24(15-20(22)7-2)33-28(35)27(23)18(4)32-25(29)10-12-31-13-11-26(34)30-5/h8-10,12,14-16,20,22,31H,6-7,11,13H2,1-5H3,(H2,29,32)(H,30,34)(H,33,35)/b12-10-,27-18-. The van der Waals surface area contributed by atoms with Gasteiger partial charge in [0.25, 0.3) is 5.91 Å². The number of hydrogen-bond donors (Lipinski definition) is 5. The first-order chi connectivity index (χ1) is 16.8. The van der Waals surface area contributed by atoms with Crippen LogP contribution in [0.2, 0.25) is 0 Å². The summed E-state index contributed by atoms with van der Waals surface area (Å²) >= 11 is 0. The number of nitrogens with one attached hydrogen (secondary N) is 5. The Morgan fingerprint density at radius 2 is 2.00 bits per heavy atom. The molecular formula is C28H37N5O2. The number of carbonyl (C=O) groups excluding carboxylic acids is 2. The third-order valence-corrected chi connectivity index (χ3v) is 6.65. The van der Waals surface area contributed by atoms with Gasteiger partial charge in [-0.1, -0.05) is 44.2 Å². The lowest BCUT2D eigenvalue weighted by Crippen LogP contribution is -2.24. The van der Waals surface area contributed by atoms with Crippen LogP contribution in [0.5, 0.6) is 0 Å². The molecule has 1 fully saturated rings. The van der Waals surface area contributed by atoms with Gasteiger partial charge in [-0.15, -0.1) is 0 Å². The quantitative estimate of drug-likeness (QED) is 0.162. The van der Waals surface area contributed by atoms with Gasteiger partial charge in [0.05, 0.1) is 5.57 Å². The average Bonchev–Trinajstić information content (AvgIpc) is 3.17. The van der Waals surface area contributed by atoms with E-state index >= 15 is 0 Å². The van der Waals surface area contributed by atoms with Crippen LogP contribution in [0.1, 0.15) is 56.2 Å². The highest BCUT2D eigenvalue weighted by atomic mass is 16.2. The molecule has 1 saturated heterocycles. The Balaban J connectivity index is 1.83. The molecule has 2 amide bonds. The third-order valence-electron chi connectivity index (χ3n) is 6.65. The fraction of sp³-hybridized carbons (Fsp3) is 0.393. The van der Waals surface area contributed by atoms with Crippen molar-refractivity contribution in [2.45, 2.75) is 52.9 Å². The van der Waals surface area contributed by atoms with Crippen molar-refractivity contribution < 1.29 is 9.59 Å². The fourth-order valence-electron chi connectivity index (χ4n) is 4.61. The molecule has 2 unspecified atom stereocenters. The van der Waals surface area contributed by atoms with Crippen molar-refractivity contribution >= 4 is 17.6 Å². The minimum Gasteiger partial charge on any atom is -0.390 e. The maximum absolute atomic E-state index is 12.9. The molecule has 3 rings (SSSR count). The molecule has 0 radical (unpaired) electrons. The van der Waals surface area contributed by atoms with Crippen molar-refractivity contribution in [2.24, 2.45) is 5.92 Å². The van der Waals surface area contributed by atoms with Crippen LogP contribution in [0.4, 0.5) is 0 Å². The average molecular weight is 476 g/mol. The second-order valence-electron chi connectivity index (χ2n) is 9.01. The van der Waals surface area contributed by atoms with Crippen LogP contribution in [-0.2, 0) is 16.0 Å². The van der Waals surface area contributed by atoms with Crippen LogP contribution in [0.3, 0.4) is 0 Å². The Hall–Kier alpha value is -3.61. The molecule has 5 N–H and O–H groups in total. The monoisotopic (exact) mass is 475 g/mol. The van der Waals surface area contributed by atoms with Gasteiger partial charge >= 0.3 is 0 Å². The van der Waals surface area contributed by atoms with E-state index in [4.69, 9.17) is 5.41 Å². The van der Waals surface area contributed by atoms with E-state index in [0.717, 1.165) is 24.1 Å². The normalized spacial score (nSPS) is 20.5. The van der Waals surface area contributed by atoms with Gasteiger partial charge in [0.1, 0.15) is 5.84 Å². The zero-order valence-corrected chi connectivity index (χ0v) is 21.3. The summed E-state index contributed by atoms with van der Waals surface area (Å²) in [6.07, 6.45) is 9.93. The Morgan fingerprint density at radius 3 is 2.69 bits per heavy atom. The topological polar surface area (TPSA) is 106 Å². The molecule has 1 aliphatic heterocycles. The van der Waals surface area contributed by atoms with E-state index in [1.165, 1.54) is 16.7 Å². The summed E-state index contributed by atoms with van der Waals surface area (Å²) < 4.78 is 0. The lowest BCUT2D eigenvalue weighted by Gasteiger charge is -2.28. The van der Waals surface area contributed by atoms with Gasteiger partial charge in [0.2, 0.25) is 5.91 Å². The van der Waals surface area contributed by atoms with Crippen molar-refractivity contribution in [3.8, 4) is 0 Å². The van der Waals surface area contributed by atoms with Gasteiger partial charge in [-0.3, -0.25) is 15.0 Å². The highest BCUT2D eigenvalue weighted by Gasteiger charge is 2.35. The number of rotatable bonds is 9. The molecule has 2 atom stereocenters. The van der Waals surface area contributed by atoms with Crippen molar-refractivity contribution in [1.29, 1.82) is 5.41 Å². The largest absolute Gasteiger partial charge is 0.390 e. The number of allylic oxidation sites excluding steroid dienone is 4. The molecule has 1 heterocycles. The molecule has 0 bridgehead atoms. The highest BCUT2D eigenvalue weighted by Crippen LogP contribution is 2.42. The third kappa shape index (κ3) is 6.10. The predicted octanol–water partition coefficient (Wildman–Crippen LogP) is 3.70. The van der Waals surface area contributed by atoms with Crippen LogP contribution in [-0.4, -0.2) is 31.2 Å². The van der Waals surface area contributed by atoms with Gasteiger partial charge in [-0.2, -0.15) is 0 Å². The molecule has 0 aromatic heterocycles. The van der Waals surface area contributed by atoms with Crippen LogP contribution in [0.25, 0.3) is 0 Å². The van der Waals surface area contributed by atoms with E-state index in [9.17, 15) is 9.59 Å². The maximum Gasteiger partial charge on any atom is 0.258 e. The van der Waals surface area contributed by atoms with E-state index in [1.54, 1.807) is 19.3 Å². The minimum absolute atomic E-state index is 0.0447. The van der Waals surface area contributed by atoms with Crippen molar-refractivity contribution in [3.05, 3.63) is 81.9 Å². The number of aryl methyl sites for hydroxylation is 2. The molecule has 1 aliphatic carbocycles. The number of benzene rings is 1. The Morgan fingerprint density at radius 1 is 1.23 bits per heavy atom. The second kappa shape index (κ2) is 11.7. The van der Waals surface area contributed by atoms with E-state index in [2.05, 4.69) is 72.4 Å². The molecule has 35 heavy (non-hydrogen) atoms. The minimum atomic E-state index is -0.150. The Kier molecular flexibility index (Phi) is 8.68. The molecule has 1 aromatic rings. The maximum atomic E-state index is 12.9. The van der Waals surface area contributed by atoms with Gasteiger partial charge in [-0.25, -0.2) is 0 Å². The van der Waals surface area contributed by atoms with Crippen LogP contribution < -0.4 is 21.3 Å². The Labute approximate surface area is 208 Å². The smallest absolute Gasteiger partial charge is 0.258 e. The summed E-state index contributed by atoms with van der Waals surface area (Å²) in [4.78, 5) is 24.2. The molecule has 1 aromatic carbocycles. The second-order valence-corrected chi connectivity index (χ2v) is 9.01. The number of carbonyl (C=O) groups is 2. The zero-order valence-electron chi connectivity index (χ0n) is 21.3. The molecule has 0 spiro atoms. The van der Waals surface area contributed by atoms with E-state index in [0.29, 0.717) is 30.2 Å². The first kappa shape index (κ1) is 26.0. The zero-order chi connectivity index (χ0) is 25.5. The van der Waals surface area contributed by atoms with Crippen LogP contribution in [0.15, 0.2) is 65.2 Å². The predicted molar refractivity (Wildman–Crippen MR) is 141 cm³/mol. The summed E-state index contributed by atoms with van der Waals surface area (Å²) in [6, 6.07) is 6.68. The number of amides is 2. The van der Waals surface area contributed by atoms with Gasteiger partial charge < -0.3 is 21.3 Å². The first-order valence-electron chi connectivity index (χ1n) is 12.3.